The Kier molecular flexibility index (Phi) is 4.24. The lowest BCUT2D eigenvalue weighted by atomic mass is 9.89. The minimum Gasteiger partial charge on any atom is -0.490 e. The van der Waals surface area contributed by atoms with E-state index in [1.807, 2.05) is 18.2 Å². The molecule has 1 unspecified atom stereocenters. The Morgan fingerprint density at radius 3 is 2.94 bits per heavy atom. The summed E-state index contributed by atoms with van der Waals surface area (Å²) in [5.74, 6) is 0.953. The molecule has 1 N–H and O–H groups in total. The Hall–Kier alpha value is -1.51. The van der Waals surface area contributed by atoms with Crippen molar-refractivity contribution in [3.05, 3.63) is 29.3 Å². The summed E-state index contributed by atoms with van der Waals surface area (Å²) in [6.45, 7) is 4.27. The van der Waals surface area contributed by atoms with Crippen LogP contribution >= 0.6 is 0 Å². The Morgan fingerprint density at radius 2 is 2.22 bits per heavy atom. The van der Waals surface area contributed by atoms with Gasteiger partial charge in [-0.05, 0) is 38.7 Å². The second-order valence-electron chi connectivity index (χ2n) is 4.90. The van der Waals surface area contributed by atoms with E-state index in [-0.39, 0.29) is 6.10 Å². The normalized spacial score (nSPS) is 18.4. The van der Waals surface area contributed by atoms with Gasteiger partial charge in [-0.1, -0.05) is 30.6 Å². The van der Waals surface area contributed by atoms with E-state index in [4.69, 9.17) is 9.94 Å². The molecule has 0 spiro atoms. The van der Waals surface area contributed by atoms with Gasteiger partial charge in [-0.2, -0.15) is 0 Å². The minimum absolute atomic E-state index is 0.234. The van der Waals surface area contributed by atoms with Gasteiger partial charge in [0.25, 0.3) is 0 Å². The monoisotopic (exact) mass is 247 g/mol. The standard InChI is InChI=1S/C15H21NO2/c1-3-6-11(2)18-15-10-5-7-12-13(15)8-4-9-14(12)16-17/h5,7,10-11,17H,3-4,6,8-9H2,1-2H3/b16-14+. The predicted molar refractivity (Wildman–Crippen MR) is 72.7 cm³/mol. The van der Waals surface area contributed by atoms with E-state index in [2.05, 4.69) is 19.0 Å². The lowest BCUT2D eigenvalue weighted by molar-refractivity contribution is 0.207. The molecule has 0 aromatic heterocycles. The van der Waals surface area contributed by atoms with E-state index in [0.29, 0.717) is 0 Å². The molecule has 0 aliphatic heterocycles. The summed E-state index contributed by atoms with van der Waals surface area (Å²) in [7, 11) is 0. The number of fused-ring (bicyclic) bond motifs is 1. The summed E-state index contributed by atoms with van der Waals surface area (Å²) >= 11 is 0. The number of hydrogen-bond donors (Lipinski definition) is 1. The van der Waals surface area contributed by atoms with E-state index in [1.165, 1.54) is 5.56 Å². The second kappa shape index (κ2) is 5.89. The molecule has 1 aliphatic carbocycles. The molecule has 0 amide bonds. The average molecular weight is 247 g/mol. The van der Waals surface area contributed by atoms with Gasteiger partial charge in [-0.15, -0.1) is 0 Å². The van der Waals surface area contributed by atoms with Gasteiger partial charge in [0, 0.05) is 11.1 Å². The second-order valence-corrected chi connectivity index (χ2v) is 4.90. The molecule has 3 nitrogen and oxygen atoms in total. The lowest BCUT2D eigenvalue weighted by Crippen LogP contribution is -2.17. The molecule has 0 saturated carbocycles. The van der Waals surface area contributed by atoms with Crippen molar-refractivity contribution in [1.29, 1.82) is 0 Å². The van der Waals surface area contributed by atoms with Gasteiger partial charge in [-0.25, -0.2) is 0 Å². The Balaban J connectivity index is 2.27. The molecule has 0 fully saturated rings. The van der Waals surface area contributed by atoms with Crippen LogP contribution in [0.2, 0.25) is 0 Å². The number of ether oxygens (including phenoxy) is 1. The van der Waals surface area contributed by atoms with Crippen LogP contribution in [0.5, 0.6) is 5.75 Å². The lowest BCUT2D eigenvalue weighted by Gasteiger charge is -2.22. The first-order valence-electron chi connectivity index (χ1n) is 6.76. The zero-order valence-electron chi connectivity index (χ0n) is 11.1. The van der Waals surface area contributed by atoms with Gasteiger partial charge in [-0.3, -0.25) is 0 Å². The molecule has 98 valence electrons. The van der Waals surface area contributed by atoms with Gasteiger partial charge in [0.1, 0.15) is 5.75 Å². The smallest absolute Gasteiger partial charge is 0.123 e. The van der Waals surface area contributed by atoms with Crippen molar-refractivity contribution in [1.82, 2.24) is 0 Å². The van der Waals surface area contributed by atoms with E-state index < -0.39 is 0 Å². The maximum atomic E-state index is 9.04. The van der Waals surface area contributed by atoms with Crippen molar-refractivity contribution >= 4 is 5.71 Å². The van der Waals surface area contributed by atoms with Crippen LogP contribution in [-0.2, 0) is 6.42 Å². The van der Waals surface area contributed by atoms with Crippen molar-refractivity contribution in [2.24, 2.45) is 5.16 Å². The fourth-order valence-electron chi connectivity index (χ4n) is 2.56. The fraction of sp³-hybridized carbons (Fsp3) is 0.533. The highest BCUT2D eigenvalue weighted by atomic mass is 16.5. The van der Waals surface area contributed by atoms with Crippen molar-refractivity contribution in [3.63, 3.8) is 0 Å². The SMILES string of the molecule is CCCC(C)Oc1cccc2c1CCC/C2=N\O. The van der Waals surface area contributed by atoms with E-state index in [9.17, 15) is 0 Å². The molecule has 2 rings (SSSR count). The van der Waals surface area contributed by atoms with Crippen molar-refractivity contribution in [3.8, 4) is 5.75 Å². The fourth-order valence-corrected chi connectivity index (χ4v) is 2.56. The van der Waals surface area contributed by atoms with Crippen LogP contribution in [0.3, 0.4) is 0 Å². The van der Waals surface area contributed by atoms with E-state index in [1.54, 1.807) is 0 Å². The Labute approximate surface area is 108 Å². The van der Waals surface area contributed by atoms with Gasteiger partial charge in [0.2, 0.25) is 0 Å². The quantitative estimate of drug-likeness (QED) is 0.650. The maximum Gasteiger partial charge on any atom is 0.123 e. The first kappa shape index (κ1) is 12.9. The van der Waals surface area contributed by atoms with Crippen molar-refractivity contribution in [2.45, 2.75) is 52.1 Å². The molecule has 3 heteroatoms. The number of benzene rings is 1. The van der Waals surface area contributed by atoms with Gasteiger partial charge in [0.15, 0.2) is 0 Å². The Morgan fingerprint density at radius 1 is 1.39 bits per heavy atom. The largest absolute Gasteiger partial charge is 0.490 e. The van der Waals surface area contributed by atoms with Gasteiger partial charge < -0.3 is 9.94 Å². The van der Waals surface area contributed by atoms with Crippen molar-refractivity contribution in [2.75, 3.05) is 0 Å². The van der Waals surface area contributed by atoms with Crippen LogP contribution in [0.15, 0.2) is 23.4 Å². The van der Waals surface area contributed by atoms with Crippen LogP contribution in [0, 0.1) is 0 Å². The molecule has 1 aliphatic rings. The van der Waals surface area contributed by atoms with Crippen LogP contribution < -0.4 is 4.74 Å². The molecule has 1 aromatic rings. The van der Waals surface area contributed by atoms with Crippen LogP contribution in [-0.4, -0.2) is 17.0 Å². The topological polar surface area (TPSA) is 41.8 Å². The highest BCUT2D eigenvalue weighted by molar-refractivity contribution is 6.02. The molecule has 18 heavy (non-hydrogen) atoms. The zero-order valence-corrected chi connectivity index (χ0v) is 11.1. The average Bonchev–Trinajstić information content (AvgIpc) is 2.38. The third-order valence-corrected chi connectivity index (χ3v) is 3.43. The number of nitrogens with zero attached hydrogens (tertiary/aromatic N) is 1. The molecule has 0 bridgehead atoms. The molecule has 0 radical (unpaired) electrons. The van der Waals surface area contributed by atoms with Crippen molar-refractivity contribution < 1.29 is 9.94 Å². The number of rotatable bonds is 4. The third kappa shape index (κ3) is 2.66. The molecular weight excluding hydrogens is 226 g/mol. The summed E-state index contributed by atoms with van der Waals surface area (Å²) in [6, 6.07) is 6.01. The van der Waals surface area contributed by atoms with E-state index >= 15 is 0 Å². The molecule has 1 aromatic carbocycles. The molecule has 1 atom stereocenters. The molecule has 0 heterocycles. The Bertz CT molecular complexity index is 440. The third-order valence-electron chi connectivity index (χ3n) is 3.43. The number of hydrogen-bond acceptors (Lipinski definition) is 3. The first-order chi connectivity index (χ1) is 8.76. The van der Waals surface area contributed by atoms with Crippen LogP contribution in [0.1, 0.15) is 50.7 Å². The van der Waals surface area contributed by atoms with Crippen LogP contribution in [0.4, 0.5) is 0 Å². The highest BCUT2D eigenvalue weighted by Crippen LogP contribution is 2.30. The van der Waals surface area contributed by atoms with Gasteiger partial charge in [0.05, 0.1) is 11.8 Å². The molecule has 0 saturated heterocycles. The summed E-state index contributed by atoms with van der Waals surface area (Å²) in [4.78, 5) is 0. The first-order valence-corrected chi connectivity index (χ1v) is 6.76. The highest BCUT2D eigenvalue weighted by Gasteiger charge is 2.20. The van der Waals surface area contributed by atoms with Crippen LogP contribution in [0.25, 0.3) is 0 Å². The van der Waals surface area contributed by atoms with Gasteiger partial charge >= 0.3 is 0 Å². The van der Waals surface area contributed by atoms with E-state index in [0.717, 1.165) is 49.1 Å². The summed E-state index contributed by atoms with van der Waals surface area (Å²) in [5, 5.41) is 12.4. The number of oxime groups is 1. The summed E-state index contributed by atoms with van der Waals surface area (Å²) < 4.78 is 6.01. The summed E-state index contributed by atoms with van der Waals surface area (Å²) in [5.41, 5.74) is 3.02. The minimum atomic E-state index is 0.234. The zero-order chi connectivity index (χ0) is 13.0. The summed E-state index contributed by atoms with van der Waals surface area (Å²) in [6.07, 6.45) is 5.29. The molecular formula is C15H21NO2. The maximum absolute atomic E-state index is 9.04. The predicted octanol–water partition coefficient (Wildman–Crippen LogP) is 3.77.